The van der Waals surface area contributed by atoms with E-state index in [4.69, 9.17) is 5.73 Å². The first-order chi connectivity index (χ1) is 5.25. The highest BCUT2D eigenvalue weighted by molar-refractivity contribution is 7.98. The topological polar surface area (TPSA) is 26.0 Å². The van der Waals surface area contributed by atoms with Crippen molar-refractivity contribution in [3.63, 3.8) is 0 Å². The van der Waals surface area contributed by atoms with Gasteiger partial charge in [-0.2, -0.15) is 0 Å². The van der Waals surface area contributed by atoms with E-state index in [1.54, 1.807) is 11.8 Å². The SMILES string of the molecule is CSc1ccccc1C(C)N.Cl. The van der Waals surface area contributed by atoms with Gasteiger partial charge in [-0.3, -0.25) is 0 Å². The van der Waals surface area contributed by atoms with Gasteiger partial charge in [-0.05, 0) is 24.8 Å². The van der Waals surface area contributed by atoms with E-state index in [1.165, 1.54) is 10.5 Å². The van der Waals surface area contributed by atoms with Gasteiger partial charge >= 0.3 is 0 Å². The quantitative estimate of drug-likeness (QED) is 0.749. The van der Waals surface area contributed by atoms with Gasteiger partial charge in [-0.25, -0.2) is 0 Å². The van der Waals surface area contributed by atoms with E-state index in [-0.39, 0.29) is 18.4 Å². The average molecular weight is 204 g/mol. The number of benzene rings is 1. The third-order valence-electron chi connectivity index (χ3n) is 1.63. The molecule has 0 spiro atoms. The molecule has 68 valence electrons. The highest BCUT2D eigenvalue weighted by Crippen LogP contribution is 2.23. The highest BCUT2D eigenvalue weighted by atomic mass is 35.5. The predicted molar refractivity (Wildman–Crippen MR) is 58.1 cm³/mol. The first kappa shape index (κ1) is 11.8. The van der Waals surface area contributed by atoms with Crippen LogP contribution in [0.5, 0.6) is 0 Å². The number of hydrogen-bond acceptors (Lipinski definition) is 2. The fourth-order valence-electron chi connectivity index (χ4n) is 1.04. The lowest BCUT2D eigenvalue weighted by Gasteiger charge is -2.09. The molecule has 1 unspecified atom stereocenters. The number of rotatable bonds is 2. The lowest BCUT2D eigenvalue weighted by atomic mass is 10.1. The second kappa shape index (κ2) is 5.46. The van der Waals surface area contributed by atoms with Crippen molar-refractivity contribution in [2.75, 3.05) is 6.26 Å². The molecular formula is C9H14ClNS. The van der Waals surface area contributed by atoms with Gasteiger partial charge in [0.05, 0.1) is 0 Å². The summed E-state index contributed by atoms with van der Waals surface area (Å²) in [6, 6.07) is 8.38. The Kier molecular flexibility index (Phi) is 5.38. The first-order valence-corrected chi connectivity index (χ1v) is 4.86. The summed E-state index contributed by atoms with van der Waals surface area (Å²) in [7, 11) is 0. The van der Waals surface area contributed by atoms with Crippen LogP contribution in [0.1, 0.15) is 18.5 Å². The monoisotopic (exact) mass is 203 g/mol. The molecule has 3 heteroatoms. The molecule has 2 N–H and O–H groups in total. The maximum absolute atomic E-state index is 5.78. The fraction of sp³-hybridized carbons (Fsp3) is 0.333. The van der Waals surface area contributed by atoms with Crippen LogP contribution in [0, 0.1) is 0 Å². The Morgan fingerprint density at radius 2 is 1.92 bits per heavy atom. The maximum Gasteiger partial charge on any atom is 0.0277 e. The Hall–Kier alpha value is -0.180. The fourth-order valence-corrected chi connectivity index (χ4v) is 1.75. The minimum atomic E-state index is 0. The van der Waals surface area contributed by atoms with Gasteiger partial charge in [0.1, 0.15) is 0 Å². The first-order valence-electron chi connectivity index (χ1n) is 3.64. The van der Waals surface area contributed by atoms with Crippen molar-refractivity contribution in [1.82, 2.24) is 0 Å². The lowest BCUT2D eigenvalue weighted by molar-refractivity contribution is 0.798. The zero-order chi connectivity index (χ0) is 8.27. The molecule has 1 aromatic carbocycles. The zero-order valence-electron chi connectivity index (χ0n) is 7.28. The van der Waals surface area contributed by atoms with Crippen molar-refractivity contribution in [1.29, 1.82) is 0 Å². The van der Waals surface area contributed by atoms with Gasteiger partial charge in [-0.1, -0.05) is 18.2 Å². The zero-order valence-corrected chi connectivity index (χ0v) is 8.91. The van der Waals surface area contributed by atoms with E-state index >= 15 is 0 Å². The second-order valence-electron chi connectivity index (χ2n) is 2.53. The third-order valence-corrected chi connectivity index (χ3v) is 2.44. The molecule has 12 heavy (non-hydrogen) atoms. The molecule has 0 radical (unpaired) electrons. The van der Waals surface area contributed by atoms with Gasteiger partial charge < -0.3 is 5.73 Å². The second-order valence-corrected chi connectivity index (χ2v) is 3.38. The molecule has 0 aliphatic heterocycles. The van der Waals surface area contributed by atoms with Gasteiger partial charge in [0, 0.05) is 10.9 Å². The smallest absolute Gasteiger partial charge is 0.0277 e. The highest BCUT2D eigenvalue weighted by Gasteiger charge is 2.03. The van der Waals surface area contributed by atoms with Gasteiger partial charge in [-0.15, -0.1) is 24.2 Å². The van der Waals surface area contributed by atoms with E-state index in [1.807, 2.05) is 19.1 Å². The van der Waals surface area contributed by atoms with Crippen molar-refractivity contribution < 1.29 is 0 Å². The number of hydrogen-bond donors (Lipinski definition) is 1. The molecule has 1 nitrogen and oxygen atoms in total. The molecular weight excluding hydrogens is 190 g/mol. The van der Waals surface area contributed by atoms with Crippen molar-refractivity contribution in [3.8, 4) is 0 Å². The Labute approximate surface area is 84.1 Å². The Morgan fingerprint density at radius 3 is 2.33 bits per heavy atom. The van der Waals surface area contributed by atoms with Crippen LogP contribution in [0.15, 0.2) is 29.2 Å². The maximum atomic E-state index is 5.78. The Bertz CT molecular complexity index is 238. The average Bonchev–Trinajstić information content (AvgIpc) is 2.04. The molecule has 0 bridgehead atoms. The molecule has 0 amide bonds. The van der Waals surface area contributed by atoms with Crippen LogP contribution in [-0.4, -0.2) is 6.26 Å². The summed E-state index contributed by atoms with van der Waals surface area (Å²) >= 11 is 1.74. The van der Waals surface area contributed by atoms with Gasteiger partial charge in [0.15, 0.2) is 0 Å². The van der Waals surface area contributed by atoms with Crippen LogP contribution in [0.25, 0.3) is 0 Å². The molecule has 0 aliphatic rings. The number of nitrogens with two attached hydrogens (primary N) is 1. The predicted octanol–water partition coefficient (Wildman–Crippen LogP) is 2.85. The minimum absolute atomic E-state index is 0. The van der Waals surface area contributed by atoms with E-state index in [9.17, 15) is 0 Å². The molecule has 0 heterocycles. The summed E-state index contributed by atoms with van der Waals surface area (Å²) in [5.74, 6) is 0. The van der Waals surface area contributed by atoms with Crippen LogP contribution in [0.4, 0.5) is 0 Å². The molecule has 0 aromatic heterocycles. The summed E-state index contributed by atoms with van der Waals surface area (Å²) in [5.41, 5.74) is 7.01. The van der Waals surface area contributed by atoms with Crippen molar-refractivity contribution in [3.05, 3.63) is 29.8 Å². The normalized spacial score (nSPS) is 11.9. The van der Waals surface area contributed by atoms with E-state index < -0.39 is 0 Å². The number of thioether (sulfide) groups is 1. The largest absolute Gasteiger partial charge is 0.324 e. The summed E-state index contributed by atoms with van der Waals surface area (Å²) in [5, 5.41) is 0. The van der Waals surface area contributed by atoms with E-state index in [0.29, 0.717) is 0 Å². The van der Waals surface area contributed by atoms with Crippen molar-refractivity contribution in [2.45, 2.75) is 17.9 Å². The van der Waals surface area contributed by atoms with Crippen LogP contribution in [0.2, 0.25) is 0 Å². The van der Waals surface area contributed by atoms with Gasteiger partial charge in [0.2, 0.25) is 0 Å². The molecule has 0 saturated carbocycles. The summed E-state index contributed by atoms with van der Waals surface area (Å²) in [6.45, 7) is 2.01. The van der Waals surface area contributed by atoms with E-state index in [2.05, 4.69) is 18.4 Å². The van der Waals surface area contributed by atoms with Crippen molar-refractivity contribution >= 4 is 24.2 Å². The lowest BCUT2D eigenvalue weighted by Crippen LogP contribution is -2.05. The number of halogens is 1. The minimum Gasteiger partial charge on any atom is -0.324 e. The summed E-state index contributed by atoms with van der Waals surface area (Å²) < 4.78 is 0. The Balaban J connectivity index is 0.00000121. The summed E-state index contributed by atoms with van der Waals surface area (Å²) in [6.07, 6.45) is 2.07. The summed E-state index contributed by atoms with van der Waals surface area (Å²) in [4.78, 5) is 1.28. The standard InChI is InChI=1S/C9H13NS.ClH/c1-7(10)8-5-3-4-6-9(8)11-2;/h3-7H,10H2,1-2H3;1H. The third kappa shape index (κ3) is 2.70. The van der Waals surface area contributed by atoms with Crippen LogP contribution >= 0.6 is 24.2 Å². The molecule has 0 saturated heterocycles. The van der Waals surface area contributed by atoms with Crippen LogP contribution in [0.3, 0.4) is 0 Å². The van der Waals surface area contributed by atoms with E-state index in [0.717, 1.165) is 0 Å². The van der Waals surface area contributed by atoms with Crippen molar-refractivity contribution in [2.24, 2.45) is 5.73 Å². The van der Waals surface area contributed by atoms with Crippen LogP contribution < -0.4 is 5.73 Å². The molecule has 1 rings (SSSR count). The molecule has 1 atom stereocenters. The molecule has 0 aliphatic carbocycles. The van der Waals surface area contributed by atoms with Crippen LogP contribution in [-0.2, 0) is 0 Å². The molecule has 0 fully saturated rings. The molecule has 1 aromatic rings. The van der Waals surface area contributed by atoms with Gasteiger partial charge in [0.25, 0.3) is 0 Å². The Morgan fingerprint density at radius 1 is 1.33 bits per heavy atom.